The quantitative estimate of drug-likeness (QED) is 0.339. The zero-order chi connectivity index (χ0) is 22.3. The minimum Gasteiger partial charge on any atom is -0.494 e. The Kier molecular flexibility index (Phi) is 7.30. The second-order valence-corrected chi connectivity index (χ2v) is 8.67. The Hall–Kier alpha value is -3.02. The second kappa shape index (κ2) is 10.5. The minimum atomic E-state index is 0.0979. The average molecular weight is 450 g/mol. The van der Waals surface area contributed by atoms with Gasteiger partial charge in [-0.05, 0) is 66.3 Å². The first-order valence-corrected chi connectivity index (χ1v) is 11.5. The molecule has 2 heterocycles. The van der Waals surface area contributed by atoms with Gasteiger partial charge in [0.15, 0.2) is 0 Å². The summed E-state index contributed by atoms with van der Waals surface area (Å²) in [7, 11) is 3.96. The van der Waals surface area contributed by atoms with E-state index in [9.17, 15) is 4.57 Å². The molecule has 0 spiro atoms. The summed E-state index contributed by atoms with van der Waals surface area (Å²) in [6, 6.07) is 16.4. The number of hydrogen-bond acceptors (Lipinski definition) is 6. The number of nitrogens with zero attached hydrogens (tertiary/aromatic N) is 4. The van der Waals surface area contributed by atoms with E-state index in [1.807, 2.05) is 47.9 Å². The third kappa shape index (κ3) is 5.81. The molecule has 4 rings (SSSR count). The van der Waals surface area contributed by atoms with Crippen molar-refractivity contribution >= 4 is 14.4 Å². The molecule has 0 atom stereocenters. The Morgan fingerprint density at radius 2 is 1.88 bits per heavy atom. The van der Waals surface area contributed by atoms with Crippen molar-refractivity contribution in [2.24, 2.45) is 0 Å². The van der Waals surface area contributed by atoms with Crippen molar-refractivity contribution in [3.05, 3.63) is 71.4 Å². The maximum Gasteiger partial charge on any atom is 0.323 e. The lowest BCUT2D eigenvalue weighted by Gasteiger charge is -2.23. The molecule has 1 aromatic heterocycles. The molecule has 1 aliphatic rings. The SMILES string of the molecule is CN(C)c1ccnc(Oc2ccc(CCCOc3ccc4c(c3)CCN(P=O)C4)cc2)n1. The number of benzene rings is 2. The molecule has 166 valence electrons. The van der Waals surface area contributed by atoms with E-state index in [1.54, 1.807) is 6.20 Å². The van der Waals surface area contributed by atoms with Gasteiger partial charge < -0.3 is 14.4 Å². The smallest absolute Gasteiger partial charge is 0.323 e. The van der Waals surface area contributed by atoms with E-state index in [0.29, 0.717) is 18.4 Å². The van der Waals surface area contributed by atoms with E-state index in [4.69, 9.17) is 9.47 Å². The Morgan fingerprint density at radius 1 is 1.06 bits per heavy atom. The van der Waals surface area contributed by atoms with Crippen molar-refractivity contribution in [1.29, 1.82) is 0 Å². The van der Waals surface area contributed by atoms with Crippen molar-refractivity contribution in [2.75, 3.05) is 32.1 Å². The lowest BCUT2D eigenvalue weighted by atomic mass is 10.0. The minimum absolute atomic E-state index is 0.0979. The molecular formula is C24H27N4O3P. The highest BCUT2D eigenvalue weighted by molar-refractivity contribution is 7.20. The zero-order valence-corrected chi connectivity index (χ0v) is 19.3. The lowest BCUT2D eigenvalue weighted by molar-refractivity contribution is 0.310. The number of fused-ring (bicyclic) bond motifs is 1. The van der Waals surface area contributed by atoms with Crippen molar-refractivity contribution in [1.82, 2.24) is 14.6 Å². The van der Waals surface area contributed by atoms with Gasteiger partial charge in [0.25, 0.3) is 0 Å². The summed E-state index contributed by atoms with van der Waals surface area (Å²) in [5.74, 6) is 2.42. The molecule has 0 radical (unpaired) electrons. The second-order valence-electron chi connectivity index (χ2n) is 7.94. The molecule has 0 unspecified atom stereocenters. The monoisotopic (exact) mass is 450 g/mol. The maximum atomic E-state index is 11.0. The van der Waals surface area contributed by atoms with Gasteiger partial charge in [0.05, 0.1) is 6.61 Å². The summed E-state index contributed by atoms with van der Waals surface area (Å²) in [4.78, 5) is 10.5. The van der Waals surface area contributed by atoms with Crippen LogP contribution in [0.5, 0.6) is 17.5 Å². The molecule has 0 bridgehead atoms. The van der Waals surface area contributed by atoms with Crippen LogP contribution < -0.4 is 14.4 Å². The van der Waals surface area contributed by atoms with Crippen LogP contribution in [-0.2, 0) is 24.0 Å². The molecule has 2 aromatic carbocycles. The summed E-state index contributed by atoms with van der Waals surface area (Å²) in [5.41, 5.74) is 3.75. The van der Waals surface area contributed by atoms with Gasteiger partial charge >= 0.3 is 6.01 Å². The number of ether oxygens (including phenoxy) is 2. The molecule has 0 aliphatic carbocycles. The highest BCUT2D eigenvalue weighted by Gasteiger charge is 2.16. The first-order chi connectivity index (χ1) is 15.6. The van der Waals surface area contributed by atoms with Gasteiger partial charge in [0, 0.05) is 33.4 Å². The van der Waals surface area contributed by atoms with Gasteiger partial charge in [-0.3, -0.25) is 4.57 Å². The molecule has 0 fully saturated rings. The number of rotatable bonds is 9. The van der Waals surface area contributed by atoms with Crippen LogP contribution in [0, 0.1) is 0 Å². The number of anilines is 1. The molecule has 1 aliphatic heterocycles. The van der Waals surface area contributed by atoms with E-state index < -0.39 is 0 Å². The van der Waals surface area contributed by atoms with Crippen LogP contribution in [0.1, 0.15) is 23.1 Å². The van der Waals surface area contributed by atoms with E-state index in [1.165, 1.54) is 16.7 Å². The molecule has 7 nitrogen and oxygen atoms in total. The fourth-order valence-corrected chi connectivity index (χ4v) is 3.99. The summed E-state index contributed by atoms with van der Waals surface area (Å²) in [6.45, 7) is 2.20. The molecule has 32 heavy (non-hydrogen) atoms. The molecule has 0 saturated heterocycles. The third-order valence-corrected chi connectivity index (χ3v) is 5.95. The molecule has 0 N–H and O–H groups in total. The summed E-state index contributed by atoms with van der Waals surface area (Å²) in [5, 5.41) is 0. The predicted octanol–water partition coefficient (Wildman–Crippen LogP) is 4.91. The van der Waals surface area contributed by atoms with Crippen molar-refractivity contribution < 1.29 is 14.0 Å². The van der Waals surface area contributed by atoms with E-state index >= 15 is 0 Å². The zero-order valence-electron chi connectivity index (χ0n) is 18.4. The van der Waals surface area contributed by atoms with Crippen LogP contribution in [-0.4, -0.2) is 41.9 Å². The van der Waals surface area contributed by atoms with Gasteiger partial charge in [-0.25, -0.2) is 9.65 Å². The van der Waals surface area contributed by atoms with Crippen LogP contribution in [0.2, 0.25) is 0 Å². The van der Waals surface area contributed by atoms with E-state index in [0.717, 1.165) is 43.9 Å². The van der Waals surface area contributed by atoms with E-state index in [2.05, 4.69) is 34.2 Å². The molecule has 0 saturated carbocycles. The number of aryl methyl sites for hydroxylation is 1. The van der Waals surface area contributed by atoms with Gasteiger partial charge in [-0.1, -0.05) is 18.2 Å². The summed E-state index contributed by atoms with van der Waals surface area (Å²) in [6.07, 6.45) is 4.44. The Morgan fingerprint density at radius 3 is 2.66 bits per heavy atom. The molecule has 0 amide bonds. The van der Waals surface area contributed by atoms with Gasteiger partial charge in [0.2, 0.25) is 8.61 Å². The Bertz CT molecular complexity index is 1060. The fourth-order valence-electron chi connectivity index (χ4n) is 3.60. The number of hydrogen-bond donors (Lipinski definition) is 0. The first kappa shape index (κ1) is 22.2. The van der Waals surface area contributed by atoms with Crippen LogP contribution in [0.3, 0.4) is 0 Å². The average Bonchev–Trinajstić information content (AvgIpc) is 2.82. The van der Waals surface area contributed by atoms with Crippen molar-refractivity contribution in [3.63, 3.8) is 0 Å². The highest BCUT2D eigenvalue weighted by Crippen LogP contribution is 2.26. The highest BCUT2D eigenvalue weighted by atomic mass is 31.1. The summed E-state index contributed by atoms with van der Waals surface area (Å²) < 4.78 is 24.7. The topological polar surface area (TPSA) is 67.8 Å². The van der Waals surface area contributed by atoms with Gasteiger partial charge in [-0.2, -0.15) is 4.98 Å². The van der Waals surface area contributed by atoms with Crippen molar-refractivity contribution in [2.45, 2.75) is 25.8 Å². The molecule has 8 heteroatoms. The summed E-state index contributed by atoms with van der Waals surface area (Å²) >= 11 is 0. The Labute approximate surface area is 190 Å². The van der Waals surface area contributed by atoms with E-state index in [-0.39, 0.29) is 8.61 Å². The van der Waals surface area contributed by atoms with Gasteiger partial charge in [-0.15, -0.1) is 0 Å². The molecule has 3 aromatic rings. The molecular weight excluding hydrogens is 423 g/mol. The Balaban J connectivity index is 1.24. The first-order valence-electron chi connectivity index (χ1n) is 10.7. The van der Waals surface area contributed by atoms with Crippen LogP contribution >= 0.6 is 8.61 Å². The third-order valence-electron chi connectivity index (χ3n) is 5.37. The maximum absolute atomic E-state index is 11.0. The van der Waals surface area contributed by atoms with Crippen molar-refractivity contribution in [3.8, 4) is 17.5 Å². The predicted molar refractivity (Wildman–Crippen MR) is 125 cm³/mol. The standard InChI is InChI=1S/C24H27N4O3P/c1-27(2)23-11-13-25-24(26-23)31-21-8-5-18(6-9-21)4-3-15-30-22-10-7-20-17-28(32-29)14-12-19(20)16-22/h5-11,13,16H,3-4,12,14-15,17H2,1-2H3. The normalized spacial score (nSPS) is 13.6. The van der Waals surface area contributed by atoms with Gasteiger partial charge in [0.1, 0.15) is 17.3 Å². The number of aromatic nitrogens is 2. The largest absolute Gasteiger partial charge is 0.494 e. The lowest BCUT2D eigenvalue weighted by Crippen LogP contribution is -2.22. The fraction of sp³-hybridized carbons (Fsp3) is 0.333. The van der Waals surface area contributed by atoms with Crippen LogP contribution in [0.25, 0.3) is 0 Å². The van der Waals surface area contributed by atoms with Crippen LogP contribution in [0.15, 0.2) is 54.7 Å². The van der Waals surface area contributed by atoms with Crippen LogP contribution in [0.4, 0.5) is 5.82 Å².